The lowest BCUT2D eigenvalue weighted by molar-refractivity contribution is 0.170. The van der Waals surface area contributed by atoms with E-state index in [-0.39, 0.29) is 19.3 Å². The van der Waals surface area contributed by atoms with E-state index < -0.39 is 0 Å². The molecule has 0 fully saturated rings. The molecule has 0 aliphatic heterocycles. The number of aromatic nitrogens is 1. The second-order valence-corrected chi connectivity index (χ2v) is 7.06. The predicted molar refractivity (Wildman–Crippen MR) is 108 cm³/mol. The van der Waals surface area contributed by atoms with Crippen LogP contribution >= 0.6 is 0 Å². The van der Waals surface area contributed by atoms with Crippen molar-refractivity contribution in [1.29, 1.82) is 0 Å². The average Bonchev–Trinajstić information content (AvgIpc) is 3.02. The van der Waals surface area contributed by atoms with Gasteiger partial charge in [0.05, 0.1) is 30.5 Å². The van der Waals surface area contributed by atoms with E-state index in [9.17, 15) is 10.2 Å². The van der Waals surface area contributed by atoms with Gasteiger partial charge in [-0.25, -0.2) is 4.98 Å². The minimum Gasteiger partial charge on any atom is -0.395 e. The molecule has 3 aromatic carbocycles. The maximum Gasteiger partial charge on any atom is 0.0794 e. The molecule has 0 saturated carbocycles. The first-order valence-corrected chi connectivity index (χ1v) is 9.20. The fourth-order valence-corrected chi connectivity index (χ4v) is 3.96. The van der Waals surface area contributed by atoms with Crippen molar-refractivity contribution in [1.82, 2.24) is 10.3 Å². The van der Waals surface area contributed by atoms with Gasteiger partial charge in [0, 0.05) is 23.1 Å². The van der Waals surface area contributed by atoms with Crippen molar-refractivity contribution in [2.24, 2.45) is 0 Å². The summed E-state index contributed by atoms with van der Waals surface area (Å²) in [5, 5.41) is 25.2. The molecule has 1 heterocycles. The van der Waals surface area contributed by atoms with E-state index in [1.54, 1.807) is 0 Å². The molecular weight excluding hydrogens is 336 g/mol. The molecule has 134 valence electrons. The molecule has 1 aliphatic rings. The standard InChI is InChI=1S/C23H20N2O2/c26-12-17(13-27)24-11-14-7-8-21-16(9-14)10-20-18-5-1-3-15-4-2-6-19(22(15)18)23(20)25-21/h1-10,17,24,26-27H,11-13H2. The lowest BCUT2D eigenvalue weighted by Crippen LogP contribution is -2.35. The third kappa shape index (κ3) is 2.61. The topological polar surface area (TPSA) is 65.4 Å². The van der Waals surface area contributed by atoms with Crippen molar-refractivity contribution in [3.05, 3.63) is 66.2 Å². The lowest BCUT2D eigenvalue weighted by atomic mass is 10.0. The Bertz CT molecular complexity index is 1160. The van der Waals surface area contributed by atoms with E-state index in [0.717, 1.165) is 22.2 Å². The van der Waals surface area contributed by atoms with E-state index in [2.05, 4.69) is 53.8 Å². The molecule has 0 unspecified atom stereocenters. The number of rotatable bonds is 5. The molecule has 1 aromatic heterocycles. The molecule has 0 atom stereocenters. The van der Waals surface area contributed by atoms with Gasteiger partial charge in [-0.05, 0) is 40.1 Å². The van der Waals surface area contributed by atoms with E-state index in [0.29, 0.717) is 6.54 Å². The zero-order valence-electron chi connectivity index (χ0n) is 14.8. The molecule has 4 heteroatoms. The minimum atomic E-state index is -0.300. The van der Waals surface area contributed by atoms with E-state index in [4.69, 9.17) is 4.98 Å². The van der Waals surface area contributed by atoms with Gasteiger partial charge in [-0.1, -0.05) is 42.5 Å². The van der Waals surface area contributed by atoms with Crippen LogP contribution in [0, 0.1) is 0 Å². The van der Waals surface area contributed by atoms with Crippen LogP contribution < -0.4 is 5.32 Å². The monoisotopic (exact) mass is 356 g/mol. The third-order valence-electron chi connectivity index (χ3n) is 5.36. The summed E-state index contributed by atoms with van der Waals surface area (Å²) in [5.41, 5.74) is 6.77. The van der Waals surface area contributed by atoms with Crippen molar-refractivity contribution in [3.63, 3.8) is 0 Å². The highest BCUT2D eigenvalue weighted by atomic mass is 16.3. The summed E-state index contributed by atoms with van der Waals surface area (Å²) in [6, 6.07) is 21.0. The number of hydrogen-bond donors (Lipinski definition) is 3. The fourth-order valence-electron chi connectivity index (χ4n) is 3.96. The normalized spacial score (nSPS) is 12.3. The summed E-state index contributed by atoms with van der Waals surface area (Å²) in [6.07, 6.45) is 0. The van der Waals surface area contributed by atoms with Gasteiger partial charge in [0.1, 0.15) is 0 Å². The quantitative estimate of drug-likeness (QED) is 0.451. The predicted octanol–water partition coefficient (Wildman–Crippen LogP) is 3.48. The largest absolute Gasteiger partial charge is 0.395 e. The summed E-state index contributed by atoms with van der Waals surface area (Å²) < 4.78 is 0. The number of benzene rings is 3. The molecule has 0 amide bonds. The Morgan fingerprint density at radius 3 is 2.37 bits per heavy atom. The van der Waals surface area contributed by atoms with Gasteiger partial charge in [0.25, 0.3) is 0 Å². The molecule has 3 N–H and O–H groups in total. The van der Waals surface area contributed by atoms with Crippen LogP contribution in [0.25, 0.3) is 44.1 Å². The summed E-state index contributed by atoms with van der Waals surface area (Å²) in [6.45, 7) is 0.428. The number of aliphatic hydroxyl groups is 2. The summed E-state index contributed by atoms with van der Waals surface area (Å²) in [7, 11) is 0. The highest BCUT2D eigenvalue weighted by molar-refractivity contribution is 6.15. The highest BCUT2D eigenvalue weighted by Gasteiger charge is 2.22. The molecule has 4 aromatic rings. The maximum absolute atomic E-state index is 9.21. The molecule has 0 radical (unpaired) electrons. The molecule has 0 spiro atoms. The molecule has 1 aliphatic carbocycles. The first-order chi connectivity index (χ1) is 13.3. The molecule has 5 rings (SSSR count). The van der Waals surface area contributed by atoms with Crippen LogP contribution in [0.1, 0.15) is 5.56 Å². The van der Waals surface area contributed by atoms with Crippen molar-refractivity contribution in [2.45, 2.75) is 12.6 Å². The Morgan fingerprint density at radius 2 is 1.59 bits per heavy atom. The van der Waals surface area contributed by atoms with Crippen molar-refractivity contribution >= 4 is 21.7 Å². The van der Waals surface area contributed by atoms with Crippen LogP contribution in [0.4, 0.5) is 0 Å². The maximum atomic E-state index is 9.21. The van der Waals surface area contributed by atoms with Gasteiger partial charge >= 0.3 is 0 Å². The lowest BCUT2D eigenvalue weighted by Gasteiger charge is -2.13. The number of aliphatic hydroxyl groups excluding tert-OH is 2. The second-order valence-electron chi connectivity index (χ2n) is 7.06. The van der Waals surface area contributed by atoms with Gasteiger partial charge in [-0.2, -0.15) is 0 Å². The number of nitrogens with zero attached hydrogens (tertiary/aromatic N) is 1. The van der Waals surface area contributed by atoms with Gasteiger partial charge in [-0.3, -0.25) is 0 Å². The van der Waals surface area contributed by atoms with Crippen LogP contribution in [0.2, 0.25) is 0 Å². The first-order valence-electron chi connectivity index (χ1n) is 9.20. The Morgan fingerprint density at radius 1 is 0.815 bits per heavy atom. The van der Waals surface area contributed by atoms with E-state index in [1.165, 1.54) is 27.5 Å². The number of hydrogen-bond acceptors (Lipinski definition) is 4. The molecular formula is C23H20N2O2. The molecule has 0 saturated heterocycles. The average molecular weight is 356 g/mol. The van der Waals surface area contributed by atoms with E-state index >= 15 is 0 Å². The minimum absolute atomic E-state index is 0.0819. The van der Waals surface area contributed by atoms with E-state index in [1.807, 2.05) is 12.1 Å². The fraction of sp³-hybridized carbons (Fsp3) is 0.174. The SMILES string of the molecule is OCC(CO)NCc1ccc2nc3c(cc2c1)-c1cccc2cccc-3c12. The highest BCUT2D eigenvalue weighted by Crippen LogP contribution is 2.46. The summed E-state index contributed by atoms with van der Waals surface area (Å²) in [4.78, 5) is 4.96. The van der Waals surface area contributed by atoms with Crippen molar-refractivity contribution < 1.29 is 10.2 Å². The Kier molecular flexibility index (Phi) is 3.90. The van der Waals surface area contributed by atoms with Crippen molar-refractivity contribution in [2.75, 3.05) is 13.2 Å². The smallest absolute Gasteiger partial charge is 0.0794 e. The third-order valence-corrected chi connectivity index (χ3v) is 5.36. The Hall–Kier alpha value is -2.79. The Labute approximate surface area is 157 Å². The van der Waals surface area contributed by atoms with Gasteiger partial charge in [-0.15, -0.1) is 0 Å². The Balaban J connectivity index is 1.59. The van der Waals surface area contributed by atoms with Crippen LogP contribution in [0.15, 0.2) is 60.7 Å². The van der Waals surface area contributed by atoms with Crippen LogP contribution in [0.3, 0.4) is 0 Å². The molecule has 0 bridgehead atoms. The van der Waals surface area contributed by atoms with Gasteiger partial charge in [0.15, 0.2) is 0 Å². The van der Waals surface area contributed by atoms with Gasteiger partial charge < -0.3 is 15.5 Å². The van der Waals surface area contributed by atoms with Crippen LogP contribution in [-0.2, 0) is 6.54 Å². The number of fused-ring (bicyclic) bond motifs is 4. The zero-order valence-corrected chi connectivity index (χ0v) is 14.8. The summed E-state index contributed by atoms with van der Waals surface area (Å²) >= 11 is 0. The number of nitrogens with one attached hydrogen (secondary N) is 1. The second kappa shape index (κ2) is 6.43. The molecule has 4 nitrogen and oxygen atoms in total. The summed E-state index contributed by atoms with van der Waals surface area (Å²) in [5.74, 6) is 0. The first kappa shape index (κ1) is 16.4. The van der Waals surface area contributed by atoms with Crippen molar-refractivity contribution in [3.8, 4) is 22.4 Å². The van der Waals surface area contributed by atoms with Gasteiger partial charge in [0.2, 0.25) is 0 Å². The van der Waals surface area contributed by atoms with Crippen LogP contribution in [0.5, 0.6) is 0 Å². The number of pyridine rings is 1. The molecule has 27 heavy (non-hydrogen) atoms. The zero-order chi connectivity index (χ0) is 18.4. The van der Waals surface area contributed by atoms with Crippen LogP contribution in [-0.4, -0.2) is 34.5 Å².